The van der Waals surface area contributed by atoms with Gasteiger partial charge in [-0.1, -0.05) is 20.3 Å². The Morgan fingerprint density at radius 3 is 2.70 bits per heavy atom. The van der Waals surface area contributed by atoms with Crippen LogP contribution >= 0.6 is 0 Å². The van der Waals surface area contributed by atoms with E-state index >= 15 is 0 Å². The van der Waals surface area contributed by atoms with Gasteiger partial charge in [0.15, 0.2) is 0 Å². The molecule has 0 saturated heterocycles. The second-order valence-electron chi connectivity index (χ2n) is 5.69. The molecule has 1 saturated carbocycles. The van der Waals surface area contributed by atoms with Crippen LogP contribution in [0.3, 0.4) is 0 Å². The van der Waals surface area contributed by atoms with Crippen LogP contribution in [0.25, 0.3) is 0 Å². The highest BCUT2D eigenvalue weighted by Crippen LogP contribution is 2.39. The summed E-state index contributed by atoms with van der Waals surface area (Å²) in [7, 11) is 0. The summed E-state index contributed by atoms with van der Waals surface area (Å²) in [5, 5.41) is 0. The fourth-order valence-corrected chi connectivity index (χ4v) is 2.31. The molecule has 3 N–H and O–H groups in total. The first-order valence-corrected chi connectivity index (χ1v) is 7.81. The first-order chi connectivity index (χ1) is 9.69. The van der Waals surface area contributed by atoms with E-state index in [0.29, 0.717) is 12.0 Å². The molecule has 2 rings (SSSR count). The molecule has 1 aliphatic rings. The Bertz CT molecular complexity index is 430. The third-order valence-electron chi connectivity index (χ3n) is 3.99. The molecule has 1 aliphatic carbocycles. The van der Waals surface area contributed by atoms with E-state index < -0.39 is 0 Å². The maximum Gasteiger partial charge on any atom is 0.145 e. The summed E-state index contributed by atoms with van der Waals surface area (Å²) < 4.78 is 0. The van der Waals surface area contributed by atoms with E-state index in [-0.39, 0.29) is 0 Å². The summed E-state index contributed by atoms with van der Waals surface area (Å²) in [6.45, 7) is 7.73. The van der Waals surface area contributed by atoms with Gasteiger partial charge in [0, 0.05) is 24.6 Å². The number of anilines is 2. The molecule has 0 aliphatic heterocycles. The molecule has 0 spiro atoms. The number of nitrogens with zero attached hydrogens (tertiary/aromatic N) is 3. The van der Waals surface area contributed by atoms with Crippen LogP contribution in [0.4, 0.5) is 11.6 Å². The number of hydrazine groups is 1. The van der Waals surface area contributed by atoms with Gasteiger partial charge in [0.1, 0.15) is 17.5 Å². The average Bonchev–Trinajstić information content (AvgIpc) is 3.31. The van der Waals surface area contributed by atoms with Crippen molar-refractivity contribution < 1.29 is 0 Å². The minimum absolute atomic E-state index is 0.481. The van der Waals surface area contributed by atoms with Crippen molar-refractivity contribution in [3.05, 3.63) is 11.9 Å². The third kappa shape index (κ3) is 3.60. The van der Waals surface area contributed by atoms with E-state index in [1.165, 1.54) is 25.7 Å². The first kappa shape index (κ1) is 15.0. The van der Waals surface area contributed by atoms with Gasteiger partial charge in [-0.2, -0.15) is 0 Å². The molecule has 0 aromatic carbocycles. The quantitative estimate of drug-likeness (QED) is 0.564. The molecule has 20 heavy (non-hydrogen) atoms. The summed E-state index contributed by atoms with van der Waals surface area (Å²) in [5.74, 6) is 8.77. The molecule has 1 heterocycles. The first-order valence-electron chi connectivity index (χ1n) is 7.81. The highest BCUT2D eigenvalue weighted by Gasteiger charge is 2.28. The van der Waals surface area contributed by atoms with Crippen LogP contribution < -0.4 is 16.2 Å². The third-order valence-corrected chi connectivity index (χ3v) is 3.99. The predicted molar refractivity (Wildman–Crippen MR) is 83.8 cm³/mol. The average molecular weight is 277 g/mol. The zero-order valence-corrected chi connectivity index (χ0v) is 12.9. The number of hydrogen-bond acceptors (Lipinski definition) is 5. The lowest BCUT2D eigenvalue weighted by atomic mass is 10.2. The van der Waals surface area contributed by atoms with Crippen molar-refractivity contribution in [3.63, 3.8) is 0 Å². The lowest BCUT2D eigenvalue weighted by Crippen LogP contribution is -2.34. The van der Waals surface area contributed by atoms with Crippen molar-refractivity contribution in [2.24, 2.45) is 5.84 Å². The fourth-order valence-electron chi connectivity index (χ4n) is 2.31. The summed E-state index contributed by atoms with van der Waals surface area (Å²) in [4.78, 5) is 11.7. The number of hydrogen-bond donors (Lipinski definition) is 2. The topological polar surface area (TPSA) is 67.1 Å². The lowest BCUT2D eigenvalue weighted by Gasteiger charge is -2.30. The monoisotopic (exact) mass is 277 g/mol. The van der Waals surface area contributed by atoms with Gasteiger partial charge in [-0.05, 0) is 32.6 Å². The van der Waals surface area contributed by atoms with E-state index in [2.05, 4.69) is 36.1 Å². The van der Waals surface area contributed by atoms with Crippen molar-refractivity contribution in [2.45, 2.75) is 64.8 Å². The summed E-state index contributed by atoms with van der Waals surface area (Å²) in [6.07, 6.45) is 5.88. The number of unbranched alkanes of at least 4 members (excludes halogenated alkanes) is 1. The molecule has 0 bridgehead atoms. The van der Waals surface area contributed by atoms with Crippen LogP contribution in [0.2, 0.25) is 0 Å². The Morgan fingerprint density at radius 1 is 1.40 bits per heavy atom. The standard InChI is InChI=1S/C15H27N5/c1-4-6-9-20(11(3)5-2)14-10-13(19-16)17-15(18-14)12-7-8-12/h10-12H,4-9,16H2,1-3H3,(H,17,18,19). The van der Waals surface area contributed by atoms with Crippen LogP contribution in [-0.2, 0) is 0 Å². The van der Waals surface area contributed by atoms with Gasteiger partial charge in [-0.25, -0.2) is 15.8 Å². The molecule has 5 heteroatoms. The zero-order chi connectivity index (χ0) is 14.5. The molecular formula is C15H27N5. The SMILES string of the molecule is CCCCN(c1cc(NN)nc(C2CC2)n1)C(C)CC. The van der Waals surface area contributed by atoms with E-state index in [9.17, 15) is 0 Å². The molecule has 1 atom stereocenters. The minimum Gasteiger partial charge on any atom is -0.354 e. The van der Waals surface area contributed by atoms with Gasteiger partial charge < -0.3 is 10.3 Å². The molecule has 1 aromatic heterocycles. The van der Waals surface area contributed by atoms with Gasteiger partial charge in [0.25, 0.3) is 0 Å². The fraction of sp³-hybridized carbons (Fsp3) is 0.733. The van der Waals surface area contributed by atoms with E-state index in [0.717, 1.165) is 30.4 Å². The molecule has 1 aromatic rings. The molecule has 0 amide bonds. The van der Waals surface area contributed by atoms with Crippen LogP contribution in [0.5, 0.6) is 0 Å². The maximum absolute atomic E-state index is 5.56. The Morgan fingerprint density at radius 2 is 2.15 bits per heavy atom. The Kier molecular flexibility index (Phi) is 5.17. The van der Waals surface area contributed by atoms with Crippen LogP contribution in [-0.4, -0.2) is 22.6 Å². The highest BCUT2D eigenvalue weighted by atomic mass is 15.3. The molecule has 5 nitrogen and oxygen atoms in total. The van der Waals surface area contributed by atoms with Gasteiger partial charge in [0.2, 0.25) is 0 Å². The molecular weight excluding hydrogens is 250 g/mol. The smallest absolute Gasteiger partial charge is 0.145 e. The van der Waals surface area contributed by atoms with E-state index in [4.69, 9.17) is 10.8 Å². The Balaban J connectivity index is 2.27. The Hall–Kier alpha value is -1.36. The minimum atomic E-state index is 0.481. The van der Waals surface area contributed by atoms with E-state index in [1.54, 1.807) is 0 Å². The summed E-state index contributed by atoms with van der Waals surface area (Å²) in [5.41, 5.74) is 2.68. The van der Waals surface area contributed by atoms with Crippen LogP contribution in [0.1, 0.15) is 64.6 Å². The van der Waals surface area contributed by atoms with Crippen LogP contribution in [0.15, 0.2) is 6.07 Å². The number of nitrogen functional groups attached to an aromatic ring is 1. The summed E-state index contributed by atoms with van der Waals surface area (Å²) >= 11 is 0. The van der Waals surface area contributed by atoms with Crippen molar-refractivity contribution in [3.8, 4) is 0 Å². The van der Waals surface area contributed by atoms with Crippen molar-refractivity contribution in [2.75, 3.05) is 16.9 Å². The number of nitrogens with one attached hydrogen (secondary N) is 1. The maximum atomic E-state index is 5.56. The largest absolute Gasteiger partial charge is 0.354 e. The van der Waals surface area contributed by atoms with E-state index in [1.807, 2.05) is 6.07 Å². The van der Waals surface area contributed by atoms with Crippen molar-refractivity contribution in [1.82, 2.24) is 9.97 Å². The zero-order valence-electron chi connectivity index (χ0n) is 12.9. The lowest BCUT2D eigenvalue weighted by molar-refractivity contribution is 0.587. The van der Waals surface area contributed by atoms with Crippen molar-refractivity contribution >= 4 is 11.6 Å². The Labute approximate surface area is 121 Å². The molecule has 112 valence electrons. The molecule has 0 radical (unpaired) electrons. The number of aromatic nitrogens is 2. The summed E-state index contributed by atoms with van der Waals surface area (Å²) in [6, 6.07) is 2.45. The number of nitrogens with two attached hydrogens (primary N) is 1. The second-order valence-corrected chi connectivity index (χ2v) is 5.69. The van der Waals surface area contributed by atoms with Crippen LogP contribution in [0, 0.1) is 0 Å². The van der Waals surface area contributed by atoms with Gasteiger partial charge >= 0.3 is 0 Å². The molecule has 1 unspecified atom stereocenters. The normalized spacial score (nSPS) is 16.0. The predicted octanol–water partition coefficient (Wildman–Crippen LogP) is 3.04. The molecule has 1 fully saturated rings. The van der Waals surface area contributed by atoms with Gasteiger partial charge in [-0.3, -0.25) is 0 Å². The van der Waals surface area contributed by atoms with Gasteiger partial charge in [0.05, 0.1) is 0 Å². The highest BCUT2D eigenvalue weighted by molar-refractivity contribution is 5.50. The second kappa shape index (κ2) is 6.88. The number of rotatable bonds is 8. The van der Waals surface area contributed by atoms with Crippen molar-refractivity contribution in [1.29, 1.82) is 0 Å². The van der Waals surface area contributed by atoms with Gasteiger partial charge in [-0.15, -0.1) is 0 Å².